The van der Waals surface area contributed by atoms with Gasteiger partial charge in [-0.3, -0.25) is 4.99 Å². The van der Waals surface area contributed by atoms with E-state index in [1.165, 1.54) is 34.6 Å². The lowest BCUT2D eigenvalue weighted by Crippen LogP contribution is -2.31. The molecule has 4 heteroatoms. The Bertz CT molecular complexity index is 358. The Hall–Kier alpha value is -0.870. The standard InChI is InChI=1S/C11H17N3S/c1-7(2)13-11(14-12)10-6-8-4-3-5-9(8)15-10/h6-7H,3-5,12H2,1-2H3,(H,13,14). The summed E-state index contributed by atoms with van der Waals surface area (Å²) in [6.07, 6.45) is 3.74. The fourth-order valence-electron chi connectivity index (χ4n) is 1.88. The molecular formula is C11H17N3S. The van der Waals surface area contributed by atoms with Gasteiger partial charge in [-0.25, -0.2) is 5.84 Å². The van der Waals surface area contributed by atoms with Gasteiger partial charge in [-0.1, -0.05) is 0 Å². The van der Waals surface area contributed by atoms with Crippen molar-refractivity contribution in [3.05, 3.63) is 21.4 Å². The second-order valence-electron chi connectivity index (χ2n) is 4.13. The maximum absolute atomic E-state index is 5.50. The fraction of sp³-hybridized carbons (Fsp3) is 0.545. The smallest absolute Gasteiger partial charge is 0.153 e. The number of hydrazine groups is 1. The largest absolute Gasteiger partial charge is 0.308 e. The van der Waals surface area contributed by atoms with Crippen molar-refractivity contribution in [2.45, 2.75) is 39.2 Å². The van der Waals surface area contributed by atoms with Gasteiger partial charge in [0.25, 0.3) is 0 Å². The molecule has 1 aliphatic carbocycles. The summed E-state index contributed by atoms with van der Waals surface area (Å²) in [6.45, 7) is 4.11. The first-order valence-corrected chi connectivity index (χ1v) is 6.18. The topological polar surface area (TPSA) is 50.4 Å². The molecule has 82 valence electrons. The first-order valence-electron chi connectivity index (χ1n) is 5.37. The molecule has 3 nitrogen and oxygen atoms in total. The van der Waals surface area contributed by atoms with Gasteiger partial charge in [-0.2, -0.15) is 0 Å². The molecule has 0 radical (unpaired) electrons. The van der Waals surface area contributed by atoms with Gasteiger partial charge < -0.3 is 5.43 Å². The highest BCUT2D eigenvalue weighted by molar-refractivity contribution is 7.14. The average molecular weight is 223 g/mol. The summed E-state index contributed by atoms with van der Waals surface area (Å²) in [5.41, 5.74) is 4.19. The predicted octanol–water partition coefficient (Wildman–Crippen LogP) is 1.86. The SMILES string of the molecule is CC(C)N=C(NN)c1cc2c(s1)CCC2. The van der Waals surface area contributed by atoms with Crippen molar-refractivity contribution in [1.82, 2.24) is 5.43 Å². The van der Waals surface area contributed by atoms with E-state index >= 15 is 0 Å². The molecule has 0 fully saturated rings. The van der Waals surface area contributed by atoms with Crippen LogP contribution in [0.15, 0.2) is 11.1 Å². The monoisotopic (exact) mass is 223 g/mol. The van der Waals surface area contributed by atoms with Gasteiger partial charge in [-0.15, -0.1) is 11.3 Å². The van der Waals surface area contributed by atoms with Crippen LogP contribution in [-0.2, 0) is 12.8 Å². The quantitative estimate of drug-likeness (QED) is 0.348. The number of nitrogens with one attached hydrogen (secondary N) is 1. The summed E-state index contributed by atoms with van der Waals surface area (Å²) >= 11 is 1.82. The van der Waals surface area contributed by atoms with E-state index in [9.17, 15) is 0 Å². The number of hydrogen-bond donors (Lipinski definition) is 2. The molecule has 0 amide bonds. The third-order valence-corrected chi connectivity index (χ3v) is 3.75. The molecule has 0 spiro atoms. The number of nitrogens with zero attached hydrogens (tertiary/aromatic N) is 1. The molecule has 1 aromatic heterocycles. The van der Waals surface area contributed by atoms with Gasteiger partial charge in [0.15, 0.2) is 5.84 Å². The highest BCUT2D eigenvalue weighted by atomic mass is 32.1. The zero-order valence-corrected chi connectivity index (χ0v) is 10.0. The van der Waals surface area contributed by atoms with Crippen LogP contribution in [-0.4, -0.2) is 11.9 Å². The normalized spacial score (nSPS) is 15.9. The highest BCUT2D eigenvalue weighted by Crippen LogP contribution is 2.30. The maximum atomic E-state index is 5.50. The summed E-state index contributed by atoms with van der Waals surface area (Å²) in [5, 5.41) is 0. The molecule has 0 unspecified atom stereocenters. The van der Waals surface area contributed by atoms with Crippen LogP contribution >= 0.6 is 11.3 Å². The highest BCUT2D eigenvalue weighted by Gasteiger charge is 2.17. The molecule has 0 saturated carbocycles. The molecule has 0 aliphatic heterocycles. The Balaban J connectivity index is 2.27. The second-order valence-corrected chi connectivity index (χ2v) is 5.27. The van der Waals surface area contributed by atoms with Crippen molar-refractivity contribution in [3.8, 4) is 0 Å². The summed E-state index contributed by atoms with van der Waals surface area (Å²) in [7, 11) is 0. The third kappa shape index (κ3) is 2.21. The number of aliphatic imine (C=N–C) groups is 1. The summed E-state index contributed by atoms with van der Waals surface area (Å²) in [6, 6.07) is 2.50. The zero-order valence-electron chi connectivity index (χ0n) is 9.21. The van der Waals surface area contributed by atoms with Crippen LogP contribution in [0.5, 0.6) is 0 Å². The van der Waals surface area contributed by atoms with Crippen LogP contribution in [0.2, 0.25) is 0 Å². The van der Waals surface area contributed by atoms with Crippen molar-refractivity contribution in [2.75, 3.05) is 0 Å². The Morgan fingerprint density at radius 2 is 2.33 bits per heavy atom. The van der Waals surface area contributed by atoms with E-state index in [1.54, 1.807) is 0 Å². The molecule has 3 N–H and O–H groups in total. The molecule has 0 aromatic carbocycles. The molecule has 1 heterocycles. The van der Waals surface area contributed by atoms with Crippen molar-refractivity contribution in [1.29, 1.82) is 0 Å². The van der Waals surface area contributed by atoms with Gasteiger partial charge >= 0.3 is 0 Å². The number of nitrogens with two attached hydrogens (primary N) is 1. The van der Waals surface area contributed by atoms with Crippen LogP contribution < -0.4 is 11.3 Å². The first kappa shape index (κ1) is 10.6. The van der Waals surface area contributed by atoms with Crippen LogP contribution in [0.25, 0.3) is 0 Å². The number of amidine groups is 1. The number of hydrogen-bond acceptors (Lipinski definition) is 3. The third-order valence-electron chi connectivity index (χ3n) is 2.50. The lowest BCUT2D eigenvalue weighted by Gasteiger charge is -2.05. The summed E-state index contributed by atoms with van der Waals surface area (Å²) in [5.74, 6) is 6.32. The predicted molar refractivity (Wildman–Crippen MR) is 65.3 cm³/mol. The molecule has 1 aromatic rings. The van der Waals surface area contributed by atoms with Gasteiger partial charge in [0.05, 0.1) is 4.88 Å². The zero-order chi connectivity index (χ0) is 10.8. The summed E-state index contributed by atoms with van der Waals surface area (Å²) < 4.78 is 0. The van der Waals surface area contributed by atoms with Gasteiger partial charge in [0, 0.05) is 10.9 Å². The van der Waals surface area contributed by atoms with E-state index in [0.717, 1.165) is 5.84 Å². The van der Waals surface area contributed by atoms with Crippen molar-refractivity contribution in [3.63, 3.8) is 0 Å². The Labute approximate surface area is 94.4 Å². The molecule has 0 atom stereocenters. The number of rotatable bonds is 2. The number of fused-ring (bicyclic) bond motifs is 1. The lowest BCUT2D eigenvalue weighted by molar-refractivity contribution is 0.821. The van der Waals surface area contributed by atoms with Crippen LogP contribution in [0.1, 0.15) is 35.6 Å². The van der Waals surface area contributed by atoms with Crippen molar-refractivity contribution >= 4 is 17.2 Å². The minimum absolute atomic E-state index is 0.271. The Kier molecular flexibility index (Phi) is 3.07. The van der Waals surface area contributed by atoms with E-state index in [-0.39, 0.29) is 6.04 Å². The minimum atomic E-state index is 0.271. The van der Waals surface area contributed by atoms with E-state index in [1.807, 2.05) is 11.3 Å². The van der Waals surface area contributed by atoms with Gasteiger partial charge in [0.2, 0.25) is 0 Å². The van der Waals surface area contributed by atoms with Gasteiger partial charge in [0.1, 0.15) is 0 Å². The molecular weight excluding hydrogens is 206 g/mol. The van der Waals surface area contributed by atoms with E-state index < -0.39 is 0 Å². The van der Waals surface area contributed by atoms with Crippen molar-refractivity contribution < 1.29 is 0 Å². The van der Waals surface area contributed by atoms with Crippen LogP contribution in [0.4, 0.5) is 0 Å². The van der Waals surface area contributed by atoms with Crippen LogP contribution in [0.3, 0.4) is 0 Å². The molecule has 2 rings (SSSR count). The van der Waals surface area contributed by atoms with E-state index in [2.05, 4.69) is 30.3 Å². The fourth-order valence-corrected chi connectivity index (χ4v) is 3.09. The maximum Gasteiger partial charge on any atom is 0.153 e. The Morgan fingerprint density at radius 1 is 1.53 bits per heavy atom. The average Bonchev–Trinajstić information content (AvgIpc) is 2.72. The lowest BCUT2D eigenvalue weighted by atomic mass is 10.2. The second kappa shape index (κ2) is 4.33. The van der Waals surface area contributed by atoms with Crippen LogP contribution in [0, 0.1) is 0 Å². The number of thiophene rings is 1. The van der Waals surface area contributed by atoms with E-state index in [4.69, 9.17) is 5.84 Å². The van der Waals surface area contributed by atoms with Crippen molar-refractivity contribution in [2.24, 2.45) is 10.8 Å². The minimum Gasteiger partial charge on any atom is -0.308 e. The molecule has 0 saturated heterocycles. The molecule has 15 heavy (non-hydrogen) atoms. The first-order chi connectivity index (χ1) is 7.20. The molecule has 0 bridgehead atoms. The van der Waals surface area contributed by atoms with E-state index in [0.29, 0.717) is 0 Å². The molecule has 1 aliphatic rings. The summed E-state index contributed by atoms with van der Waals surface area (Å²) in [4.78, 5) is 7.16. The number of aryl methyl sites for hydroxylation is 2. The van der Waals surface area contributed by atoms with Gasteiger partial charge in [-0.05, 0) is 44.7 Å². The Morgan fingerprint density at radius 3 is 2.93 bits per heavy atom.